The van der Waals surface area contributed by atoms with Crippen molar-refractivity contribution in [2.75, 3.05) is 7.11 Å². The number of halogens is 1. The van der Waals surface area contributed by atoms with Gasteiger partial charge in [-0.05, 0) is 49.4 Å². The SMILES string of the molecule is CCn1c(SCc2nc3c4c(C)c(C(=O)OC)sc4ncn3n2)nnc1[C@H]1C[C@H]1c1ccc(Cl)cc1. The number of hydrogen-bond donors (Lipinski definition) is 0. The summed E-state index contributed by atoms with van der Waals surface area (Å²) < 4.78 is 8.76. The number of hydrogen-bond acceptors (Lipinski definition) is 9. The lowest BCUT2D eigenvalue weighted by Crippen LogP contribution is -2.03. The van der Waals surface area contributed by atoms with Crippen LogP contribution in [-0.4, -0.2) is 47.4 Å². The fourth-order valence-corrected chi connectivity index (χ4v) is 6.64. The summed E-state index contributed by atoms with van der Waals surface area (Å²) in [4.78, 5) is 22.6. The Morgan fingerprint density at radius 3 is 2.81 bits per heavy atom. The number of carbonyl (C=O) groups is 1. The van der Waals surface area contributed by atoms with Crippen molar-refractivity contribution in [2.24, 2.45) is 0 Å². The Hall–Kier alpha value is -3.02. The summed E-state index contributed by atoms with van der Waals surface area (Å²) in [5, 5.41) is 16.1. The molecule has 1 aliphatic rings. The third-order valence-corrected chi connectivity index (χ3v) is 8.89. The van der Waals surface area contributed by atoms with Gasteiger partial charge in [0.25, 0.3) is 0 Å². The van der Waals surface area contributed by atoms with Gasteiger partial charge in [-0.1, -0.05) is 35.5 Å². The molecule has 1 saturated carbocycles. The Morgan fingerprint density at radius 1 is 1.25 bits per heavy atom. The normalized spacial score (nSPS) is 17.2. The number of thiophene rings is 1. The van der Waals surface area contributed by atoms with Crippen molar-refractivity contribution in [3.05, 3.63) is 63.3 Å². The smallest absolute Gasteiger partial charge is 0.348 e. The number of benzene rings is 1. The third kappa shape index (κ3) is 3.95. The molecule has 184 valence electrons. The van der Waals surface area contributed by atoms with Gasteiger partial charge in [0.1, 0.15) is 21.9 Å². The van der Waals surface area contributed by atoms with E-state index in [-0.39, 0.29) is 5.97 Å². The van der Waals surface area contributed by atoms with Gasteiger partial charge in [0.2, 0.25) is 0 Å². The van der Waals surface area contributed by atoms with Crippen molar-refractivity contribution >= 4 is 56.5 Å². The van der Waals surface area contributed by atoms with E-state index in [1.165, 1.54) is 24.0 Å². The van der Waals surface area contributed by atoms with E-state index in [4.69, 9.17) is 21.3 Å². The molecule has 4 heterocycles. The predicted molar refractivity (Wildman–Crippen MR) is 139 cm³/mol. The number of nitrogens with zero attached hydrogens (tertiary/aromatic N) is 7. The van der Waals surface area contributed by atoms with Crippen LogP contribution in [0.25, 0.3) is 15.9 Å². The van der Waals surface area contributed by atoms with E-state index in [1.807, 2.05) is 19.1 Å². The molecule has 0 aliphatic heterocycles. The molecule has 1 aliphatic carbocycles. The molecule has 1 aromatic carbocycles. The van der Waals surface area contributed by atoms with Crippen molar-refractivity contribution in [2.45, 2.75) is 49.6 Å². The van der Waals surface area contributed by atoms with Crippen LogP contribution in [0.15, 0.2) is 35.7 Å². The standard InChI is InChI=1S/C24H22ClN7O2S2/c1-4-31-20(16-9-15(16)13-5-7-14(25)8-6-13)28-29-24(31)35-10-17-27-21-18-12(2)19(23(33)34-3)36-22(18)26-11-32(21)30-17/h5-8,11,15-16H,4,9-10H2,1-3H3/t15-,16-/m0/s1. The minimum atomic E-state index is -0.368. The minimum Gasteiger partial charge on any atom is -0.465 e. The average molecular weight is 540 g/mol. The molecular weight excluding hydrogens is 518 g/mol. The van der Waals surface area contributed by atoms with Gasteiger partial charge in [-0.2, -0.15) is 0 Å². The highest BCUT2D eigenvalue weighted by atomic mass is 35.5. The van der Waals surface area contributed by atoms with Crippen LogP contribution in [0.5, 0.6) is 0 Å². The summed E-state index contributed by atoms with van der Waals surface area (Å²) in [7, 11) is 1.38. The zero-order valence-corrected chi connectivity index (χ0v) is 22.2. The van der Waals surface area contributed by atoms with Crippen LogP contribution >= 0.6 is 34.7 Å². The molecule has 1 fully saturated rings. The van der Waals surface area contributed by atoms with Gasteiger partial charge < -0.3 is 9.30 Å². The molecule has 0 radical (unpaired) electrons. The molecule has 5 aromatic rings. The average Bonchev–Trinajstić information content (AvgIpc) is 3.22. The summed E-state index contributed by atoms with van der Waals surface area (Å²) >= 11 is 8.92. The molecule has 36 heavy (non-hydrogen) atoms. The largest absolute Gasteiger partial charge is 0.465 e. The van der Waals surface area contributed by atoms with Crippen LogP contribution in [-0.2, 0) is 17.0 Å². The molecule has 0 spiro atoms. The summed E-state index contributed by atoms with van der Waals surface area (Å²) in [6.45, 7) is 4.79. The summed E-state index contributed by atoms with van der Waals surface area (Å²) in [5.41, 5.74) is 2.78. The van der Waals surface area contributed by atoms with Crippen LogP contribution in [0.4, 0.5) is 0 Å². The molecule has 0 bridgehead atoms. The molecular formula is C24H22ClN7O2S2. The van der Waals surface area contributed by atoms with Gasteiger partial charge in [0.05, 0.1) is 18.2 Å². The van der Waals surface area contributed by atoms with Crippen molar-refractivity contribution in [3.8, 4) is 0 Å². The monoisotopic (exact) mass is 539 g/mol. The number of carbonyl (C=O) groups excluding carboxylic acids is 1. The number of fused-ring (bicyclic) bond motifs is 3. The number of aryl methyl sites for hydroxylation is 1. The highest BCUT2D eigenvalue weighted by Crippen LogP contribution is 2.54. The van der Waals surface area contributed by atoms with Crippen LogP contribution in [0, 0.1) is 6.92 Å². The number of rotatable bonds is 7. The zero-order valence-electron chi connectivity index (χ0n) is 19.8. The Labute approximate surface area is 219 Å². The van der Waals surface area contributed by atoms with E-state index in [9.17, 15) is 4.79 Å². The number of methoxy groups -OCH3 is 1. The maximum atomic E-state index is 12.1. The molecule has 0 unspecified atom stereocenters. The Bertz CT molecular complexity index is 1610. The lowest BCUT2D eigenvalue weighted by molar-refractivity contribution is 0.0605. The first kappa shape index (κ1) is 23.4. The Morgan fingerprint density at radius 2 is 2.06 bits per heavy atom. The minimum absolute atomic E-state index is 0.367. The molecule has 4 aromatic heterocycles. The number of esters is 1. The maximum absolute atomic E-state index is 12.1. The van der Waals surface area contributed by atoms with Crippen molar-refractivity contribution in [3.63, 3.8) is 0 Å². The third-order valence-electron chi connectivity index (χ3n) is 6.49. The zero-order chi connectivity index (χ0) is 25.0. The predicted octanol–water partition coefficient (Wildman–Crippen LogP) is 5.26. The molecule has 6 rings (SSSR count). The molecule has 0 N–H and O–H groups in total. The van der Waals surface area contributed by atoms with Crippen molar-refractivity contribution in [1.29, 1.82) is 0 Å². The number of ether oxygens (including phenoxy) is 1. The lowest BCUT2D eigenvalue weighted by Gasteiger charge is -2.06. The second kappa shape index (κ2) is 9.13. The van der Waals surface area contributed by atoms with Gasteiger partial charge in [0.15, 0.2) is 16.6 Å². The van der Waals surface area contributed by atoms with Gasteiger partial charge in [0, 0.05) is 17.5 Å². The van der Waals surface area contributed by atoms with E-state index < -0.39 is 0 Å². The van der Waals surface area contributed by atoms with E-state index in [0.717, 1.165) is 44.7 Å². The summed E-state index contributed by atoms with van der Waals surface area (Å²) in [6.07, 6.45) is 2.70. The second-order valence-electron chi connectivity index (χ2n) is 8.64. The highest BCUT2D eigenvalue weighted by Gasteiger charge is 2.43. The topological polar surface area (TPSA) is 100 Å². The highest BCUT2D eigenvalue weighted by molar-refractivity contribution is 7.98. The number of thioether (sulfide) groups is 1. The first-order chi connectivity index (χ1) is 17.5. The number of aromatic nitrogens is 7. The molecule has 9 nitrogen and oxygen atoms in total. The van der Waals surface area contributed by atoms with Crippen molar-refractivity contribution < 1.29 is 9.53 Å². The first-order valence-electron chi connectivity index (χ1n) is 11.5. The van der Waals surface area contributed by atoms with Crippen LogP contribution < -0.4 is 0 Å². The van der Waals surface area contributed by atoms with Crippen molar-refractivity contribution in [1.82, 2.24) is 34.3 Å². The van der Waals surface area contributed by atoms with Crippen LogP contribution in [0.2, 0.25) is 5.02 Å². The summed E-state index contributed by atoms with van der Waals surface area (Å²) in [5.74, 6) is 2.68. The Kier molecular flexibility index (Phi) is 5.93. The van der Waals surface area contributed by atoms with Crippen LogP contribution in [0.1, 0.15) is 57.6 Å². The van der Waals surface area contributed by atoms with Gasteiger partial charge in [-0.25, -0.2) is 19.3 Å². The Balaban J connectivity index is 1.23. The molecule has 0 saturated heterocycles. The van der Waals surface area contributed by atoms with Gasteiger partial charge in [-0.3, -0.25) is 0 Å². The fourth-order valence-electron chi connectivity index (χ4n) is 4.59. The van der Waals surface area contributed by atoms with E-state index in [1.54, 1.807) is 22.6 Å². The van der Waals surface area contributed by atoms with E-state index in [2.05, 4.69) is 43.9 Å². The van der Waals surface area contributed by atoms with Gasteiger partial charge >= 0.3 is 5.97 Å². The molecule has 12 heteroatoms. The second-order valence-corrected chi connectivity index (χ2v) is 11.0. The quantitative estimate of drug-likeness (QED) is 0.204. The first-order valence-corrected chi connectivity index (χ1v) is 13.7. The van der Waals surface area contributed by atoms with E-state index >= 15 is 0 Å². The maximum Gasteiger partial charge on any atom is 0.348 e. The van der Waals surface area contributed by atoms with E-state index in [0.29, 0.717) is 33.9 Å². The fraction of sp³-hybridized carbons (Fsp3) is 0.333. The lowest BCUT2D eigenvalue weighted by atomic mass is 10.1. The molecule has 0 amide bonds. The summed E-state index contributed by atoms with van der Waals surface area (Å²) in [6, 6.07) is 8.08. The van der Waals surface area contributed by atoms with Gasteiger partial charge in [-0.15, -0.1) is 26.6 Å². The molecule has 2 atom stereocenters. The van der Waals surface area contributed by atoms with Crippen LogP contribution in [0.3, 0.4) is 0 Å².